The second-order valence-electron chi connectivity index (χ2n) is 7.85. The van der Waals surface area contributed by atoms with E-state index in [-0.39, 0.29) is 15.4 Å². The van der Waals surface area contributed by atoms with E-state index in [0.29, 0.717) is 6.54 Å². The van der Waals surface area contributed by atoms with Gasteiger partial charge in [-0.15, -0.1) is 10.2 Å². The maximum Gasteiger partial charge on any atom is 0.269 e. The second-order valence-corrected chi connectivity index (χ2v) is 10.8. The Balaban J connectivity index is 1.80. The molecule has 0 spiro atoms. The van der Waals surface area contributed by atoms with Gasteiger partial charge in [0.1, 0.15) is 0 Å². The lowest BCUT2D eigenvalue weighted by molar-refractivity contribution is -0.123. The van der Waals surface area contributed by atoms with Crippen molar-refractivity contribution in [3.05, 3.63) is 0 Å². The highest BCUT2D eigenvalue weighted by atomic mass is 32.2. The minimum atomic E-state index is -3.70. The van der Waals surface area contributed by atoms with Gasteiger partial charge in [-0.3, -0.25) is 4.79 Å². The monoisotopic (exact) mass is 403 g/mol. The summed E-state index contributed by atoms with van der Waals surface area (Å²) in [4.78, 5) is 14.3. The Morgan fingerprint density at radius 2 is 1.92 bits per heavy atom. The van der Waals surface area contributed by atoms with Crippen molar-refractivity contribution in [2.75, 3.05) is 31.5 Å². The van der Waals surface area contributed by atoms with Crippen molar-refractivity contribution >= 4 is 32.4 Å². The van der Waals surface area contributed by atoms with E-state index in [1.54, 1.807) is 20.8 Å². The van der Waals surface area contributed by atoms with Crippen LogP contribution in [0, 0.1) is 11.3 Å². The number of carbonyl (C=O) groups is 1. The summed E-state index contributed by atoms with van der Waals surface area (Å²) in [6.07, 6.45) is 3.17. The first-order valence-corrected chi connectivity index (χ1v) is 11.2. The summed E-state index contributed by atoms with van der Waals surface area (Å²) in [5.74, 6) is 0.552. The standard InChI is InChI=1S/C16H29N5O3S2/c1-12-6-10-21(11-7-12)9-5-8-17-26(23,24)15-20-19-14(25-15)18-13(22)16(2,3)4/h12,17H,5-11H2,1-4H3,(H,18,19,22). The summed E-state index contributed by atoms with van der Waals surface area (Å²) >= 11 is 0.856. The molecule has 0 aromatic carbocycles. The molecule has 1 aromatic rings. The predicted molar refractivity (Wildman–Crippen MR) is 103 cm³/mol. The molecule has 2 rings (SSSR count). The average Bonchev–Trinajstić information content (AvgIpc) is 3.02. The van der Waals surface area contributed by atoms with Crippen LogP contribution in [0.5, 0.6) is 0 Å². The van der Waals surface area contributed by atoms with Crippen molar-refractivity contribution in [1.82, 2.24) is 19.8 Å². The molecule has 1 aliphatic rings. The number of nitrogens with zero attached hydrogens (tertiary/aromatic N) is 3. The summed E-state index contributed by atoms with van der Waals surface area (Å²) < 4.78 is 27.0. The molecular formula is C16H29N5O3S2. The zero-order chi connectivity index (χ0) is 19.4. The van der Waals surface area contributed by atoms with Gasteiger partial charge in [0.25, 0.3) is 10.0 Å². The Morgan fingerprint density at radius 1 is 1.27 bits per heavy atom. The smallest absolute Gasteiger partial charge is 0.269 e. The van der Waals surface area contributed by atoms with Crippen molar-refractivity contribution in [1.29, 1.82) is 0 Å². The number of piperidine rings is 1. The topological polar surface area (TPSA) is 104 Å². The molecule has 0 bridgehead atoms. The lowest BCUT2D eigenvalue weighted by atomic mass is 9.96. The number of carbonyl (C=O) groups excluding carboxylic acids is 1. The highest BCUT2D eigenvalue weighted by Crippen LogP contribution is 2.23. The van der Waals surface area contributed by atoms with E-state index in [2.05, 4.69) is 32.1 Å². The molecule has 1 fully saturated rings. The van der Waals surface area contributed by atoms with Gasteiger partial charge in [0, 0.05) is 12.0 Å². The lowest BCUT2D eigenvalue weighted by Gasteiger charge is -2.30. The van der Waals surface area contributed by atoms with Gasteiger partial charge in [-0.25, -0.2) is 13.1 Å². The number of hydrogen-bond donors (Lipinski definition) is 2. The number of hydrogen-bond acceptors (Lipinski definition) is 7. The van der Waals surface area contributed by atoms with E-state index in [1.807, 2.05) is 0 Å². The molecule has 1 aromatic heterocycles. The van der Waals surface area contributed by atoms with Crippen LogP contribution in [0.2, 0.25) is 0 Å². The fourth-order valence-electron chi connectivity index (χ4n) is 2.51. The Morgan fingerprint density at radius 3 is 2.54 bits per heavy atom. The van der Waals surface area contributed by atoms with Crippen LogP contribution in [-0.4, -0.2) is 55.6 Å². The van der Waals surface area contributed by atoms with Crippen LogP contribution in [0.3, 0.4) is 0 Å². The van der Waals surface area contributed by atoms with Crippen LogP contribution in [0.4, 0.5) is 5.13 Å². The summed E-state index contributed by atoms with van der Waals surface area (Å²) in [7, 11) is -3.70. The number of aromatic nitrogens is 2. The molecule has 0 aliphatic carbocycles. The van der Waals surface area contributed by atoms with Gasteiger partial charge in [0.2, 0.25) is 15.4 Å². The van der Waals surface area contributed by atoms with Crippen LogP contribution in [0.25, 0.3) is 0 Å². The van der Waals surface area contributed by atoms with Gasteiger partial charge >= 0.3 is 0 Å². The van der Waals surface area contributed by atoms with Crippen LogP contribution in [-0.2, 0) is 14.8 Å². The molecule has 0 saturated carbocycles. The van der Waals surface area contributed by atoms with Gasteiger partial charge in [-0.05, 0) is 44.8 Å². The summed E-state index contributed by atoms with van der Waals surface area (Å²) in [5, 5.41) is 10.2. The third kappa shape index (κ3) is 6.26. The van der Waals surface area contributed by atoms with Crippen molar-refractivity contribution in [2.45, 2.75) is 51.3 Å². The first-order valence-electron chi connectivity index (χ1n) is 8.95. The molecule has 148 valence electrons. The van der Waals surface area contributed by atoms with Crippen molar-refractivity contribution in [3.8, 4) is 0 Å². The summed E-state index contributed by atoms with van der Waals surface area (Å²) in [6, 6.07) is 0. The molecule has 26 heavy (non-hydrogen) atoms. The van der Waals surface area contributed by atoms with Gasteiger partial charge < -0.3 is 10.2 Å². The fourth-order valence-corrected chi connectivity index (χ4v) is 4.52. The van der Waals surface area contributed by atoms with Crippen LogP contribution >= 0.6 is 11.3 Å². The normalized spacial score (nSPS) is 17.4. The maximum absolute atomic E-state index is 12.3. The number of nitrogens with one attached hydrogen (secondary N) is 2. The van der Waals surface area contributed by atoms with Gasteiger partial charge in [0.15, 0.2) is 0 Å². The minimum Gasteiger partial charge on any atom is -0.303 e. The number of rotatable bonds is 7. The molecule has 1 aliphatic heterocycles. The Hall–Kier alpha value is -1.10. The zero-order valence-electron chi connectivity index (χ0n) is 15.9. The predicted octanol–water partition coefficient (Wildman–Crippen LogP) is 1.92. The number of amides is 1. The van der Waals surface area contributed by atoms with E-state index in [4.69, 9.17) is 0 Å². The number of anilines is 1. The SMILES string of the molecule is CC1CCN(CCCNS(=O)(=O)c2nnc(NC(=O)C(C)(C)C)s2)CC1. The van der Waals surface area contributed by atoms with Gasteiger partial charge in [-0.2, -0.15) is 0 Å². The van der Waals surface area contributed by atoms with Gasteiger partial charge in [-0.1, -0.05) is 39.0 Å². The average molecular weight is 404 g/mol. The first-order chi connectivity index (χ1) is 12.1. The maximum atomic E-state index is 12.3. The van der Waals surface area contributed by atoms with Crippen LogP contribution < -0.4 is 10.0 Å². The van der Waals surface area contributed by atoms with E-state index < -0.39 is 15.4 Å². The highest BCUT2D eigenvalue weighted by molar-refractivity contribution is 7.91. The fraction of sp³-hybridized carbons (Fsp3) is 0.812. The Bertz CT molecular complexity index is 704. The van der Waals surface area contributed by atoms with Crippen LogP contribution in [0.1, 0.15) is 47.0 Å². The van der Waals surface area contributed by atoms with Crippen molar-refractivity contribution in [2.24, 2.45) is 11.3 Å². The van der Waals surface area contributed by atoms with Crippen molar-refractivity contribution in [3.63, 3.8) is 0 Å². The molecule has 0 unspecified atom stereocenters. The second kappa shape index (κ2) is 8.73. The molecular weight excluding hydrogens is 374 g/mol. The minimum absolute atomic E-state index is 0.131. The van der Waals surface area contributed by atoms with Crippen molar-refractivity contribution < 1.29 is 13.2 Å². The first kappa shape index (κ1) is 21.2. The lowest BCUT2D eigenvalue weighted by Crippen LogP contribution is -2.35. The molecule has 10 heteroatoms. The Kier molecular flexibility index (Phi) is 7.12. The summed E-state index contributed by atoms with van der Waals surface area (Å²) in [6.45, 7) is 11.0. The molecule has 1 saturated heterocycles. The van der Waals surface area contributed by atoms with E-state index in [0.717, 1.165) is 43.3 Å². The summed E-state index contributed by atoms with van der Waals surface area (Å²) in [5.41, 5.74) is -0.588. The third-order valence-electron chi connectivity index (χ3n) is 4.36. The molecule has 2 heterocycles. The van der Waals surface area contributed by atoms with E-state index in [1.165, 1.54) is 12.8 Å². The van der Waals surface area contributed by atoms with Crippen LogP contribution in [0.15, 0.2) is 4.34 Å². The number of sulfonamides is 1. The molecule has 8 nitrogen and oxygen atoms in total. The van der Waals surface area contributed by atoms with Gasteiger partial charge in [0.05, 0.1) is 0 Å². The van der Waals surface area contributed by atoms with E-state index >= 15 is 0 Å². The molecule has 1 amide bonds. The third-order valence-corrected chi connectivity index (χ3v) is 7.02. The molecule has 0 radical (unpaired) electrons. The van der Waals surface area contributed by atoms with E-state index in [9.17, 15) is 13.2 Å². The Labute approximate surface area is 159 Å². The number of likely N-dealkylation sites (tertiary alicyclic amines) is 1. The molecule has 0 atom stereocenters. The highest BCUT2D eigenvalue weighted by Gasteiger charge is 2.25. The molecule has 2 N–H and O–H groups in total. The quantitative estimate of drug-likeness (QED) is 0.532. The largest absolute Gasteiger partial charge is 0.303 e. The zero-order valence-corrected chi connectivity index (χ0v) is 17.5.